The van der Waals surface area contributed by atoms with Gasteiger partial charge in [0.1, 0.15) is 18.7 Å². The second-order valence-corrected chi connectivity index (χ2v) is 3.64. The molecular weight excluding hydrogens is 208 g/mol. The van der Waals surface area contributed by atoms with Crippen LogP contribution in [-0.2, 0) is 9.53 Å². The van der Waals surface area contributed by atoms with Gasteiger partial charge < -0.3 is 9.53 Å². The zero-order valence-electron chi connectivity index (χ0n) is 8.92. The molecule has 1 aliphatic heterocycles. The number of carbonyl (C=O) groups excluding carboxylic acids is 2. The first kappa shape index (κ1) is 10.6. The molecule has 1 saturated heterocycles. The molecule has 1 aromatic rings. The molecule has 0 aromatic carbocycles. The SMILES string of the molecule is CC(C=O)c1ccc(N2CCOC2=O)nc1. The number of rotatable bonds is 3. The molecule has 1 aliphatic rings. The summed E-state index contributed by atoms with van der Waals surface area (Å²) < 4.78 is 4.81. The van der Waals surface area contributed by atoms with Crippen molar-refractivity contribution in [2.24, 2.45) is 0 Å². The molecule has 1 unspecified atom stereocenters. The average Bonchev–Trinajstić information content (AvgIpc) is 2.75. The fraction of sp³-hybridized carbons (Fsp3) is 0.364. The van der Waals surface area contributed by atoms with Gasteiger partial charge in [-0.25, -0.2) is 9.78 Å². The summed E-state index contributed by atoms with van der Waals surface area (Å²) >= 11 is 0. The van der Waals surface area contributed by atoms with Crippen LogP contribution in [0.25, 0.3) is 0 Å². The number of aromatic nitrogens is 1. The van der Waals surface area contributed by atoms with Crippen LogP contribution in [0.1, 0.15) is 18.4 Å². The van der Waals surface area contributed by atoms with Crippen molar-refractivity contribution in [3.05, 3.63) is 23.9 Å². The van der Waals surface area contributed by atoms with Crippen molar-refractivity contribution in [2.75, 3.05) is 18.1 Å². The van der Waals surface area contributed by atoms with Crippen molar-refractivity contribution in [1.29, 1.82) is 0 Å². The summed E-state index contributed by atoms with van der Waals surface area (Å²) in [5, 5.41) is 0. The number of pyridine rings is 1. The van der Waals surface area contributed by atoms with Gasteiger partial charge in [0.05, 0.1) is 6.54 Å². The highest BCUT2D eigenvalue weighted by molar-refractivity contribution is 5.88. The van der Waals surface area contributed by atoms with E-state index >= 15 is 0 Å². The summed E-state index contributed by atoms with van der Waals surface area (Å²) in [5.74, 6) is 0.386. The van der Waals surface area contributed by atoms with Crippen LogP contribution in [0.5, 0.6) is 0 Å². The Labute approximate surface area is 93.0 Å². The molecule has 1 aromatic heterocycles. The first-order valence-electron chi connectivity index (χ1n) is 5.08. The van der Waals surface area contributed by atoms with E-state index in [0.717, 1.165) is 11.8 Å². The summed E-state index contributed by atoms with van der Waals surface area (Å²) in [6, 6.07) is 3.52. The number of cyclic esters (lactones) is 1. The number of nitrogens with zero attached hydrogens (tertiary/aromatic N) is 2. The second kappa shape index (κ2) is 4.30. The predicted octanol–water partition coefficient (Wildman–Crippen LogP) is 1.34. The Morgan fingerprint density at radius 1 is 1.56 bits per heavy atom. The van der Waals surface area contributed by atoms with E-state index in [1.54, 1.807) is 25.3 Å². The minimum absolute atomic E-state index is 0.174. The number of hydrogen-bond donors (Lipinski definition) is 0. The first-order valence-corrected chi connectivity index (χ1v) is 5.08. The minimum atomic E-state index is -0.372. The average molecular weight is 220 g/mol. The highest BCUT2D eigenvalue weighted by atomic mass is 16.6. The first-order chi connectivity index (χ1) is 7.72. The van der Waals surface area contributed by atoms with Crippen molar-refractivity contribution in [1.82, 2.24) is 4.98 Å². The zero-order chi connectivity index (χ0) is 11.5. The maximum absolute atomic E-state index is 11.3. The molecule has 1 amide bonds. The van der Waals surface area contributed by atoms with Gasteiger partial charge in [-0.15, -0.1) is 0 Å². The van der Waals surface area contributed by atoms with Gasteiger partial charge in [0.25, 0.3) is 0 Å². The van der Waals surface area contributed by atoms with Crippen LogP contribution in [0.15, 0.2) is 18.3 Å². The number of carbonyl (C=O) groups is 2. The Kier molecular flexibility index (Phi) is 2.85. The van der Waals surface area contributed by atoms with Gasteiger partial charge in [0.2, 0.25) is 0 Å². The largest absolute Gasteiger partial charge is 0.447 e. The van der Waals surface area contributed by atoms with E-state index in [9.17, 15) is 9.59 Å². The van der Waals surface area contributed by atoms with Crippen LogP contribution in [0, 0.1) is 0 Å². The molecule has 2 heterocycles. The maximum Gasteiger partial charge on any atom is 0.415 e. The lowest BCUT2D eigenvalue weighted by Gasteiger charge is -2.12. The smallest absolute Gasteiger partial charge is 0.415 e. The number of amides is 1. The molecular formula is C11H12N2O3. The Bertz CT molecular complexity index is 402. The quantitative estimate of drug-likeness (QED) is 0.721. The van der Waals surface area contributed by atoms with Crippen molar-refractivity contribution < 1.29 is 14.3 Å². The standard InChI is InChI=1S/C11H12N2O3/c1-8(7-14)9-2-3-10(12-6-9)13-4-5-16-11(13)15/h2-3,6-8H,4-5H2,1H3. The number of anilines is 1. The lowest BCUT2D eigenvalue weighted by atomic mass is 10.1. The summed E-state index contributed by atoms with van der Waals surface area (Å²) in [7, 11) is 0. The molecule has 0 bridgehead atoms. The van der Waals surface area contributed by atoms with Crippen molar-refractivity contribution >= 4 is 18.2 Å². The summed E-state index contributed by atoms with van der Waals surface area (Å²) in [5.41, 5.74) is 0.839. The minimum Gasteiger partial charge on any atom is -0.447 e. The molecule has 2 rings (SSSR count). The second-order valence-electron chi connectivity index (χ2n) is 3.64. The molecule has 5 nitrogen and oxygen atoms in total. The van der Waals surface area contributed by atoms with E-state index in [4.69, 9.17) is 4.74 Å². The Hall–Kier alpha value is -1.91. The van der Waals surface area contributed by atoms with Crippen molar-refractivity contribution in [3.8, 4) is 0 Å². The molecule has 0 radical (unpaired) electrons. The number of aldehydes is 1. The van der Waals surface area contributed by atoms with Crippen LogP contribution in [0.4, 0.5) is 10.6 Å². The van der Waals surface area contributed by atoms with Crippen molar-refractivity contribution in [3.63, 3.8) is 0 Å². The molecule has 0 aliphatic carbocycles. The van der Waals surface area contributed by atoms with Gasteiger partial charge in [-0.2, -0.15) is 0 Å². The molecule has 0 N–H and O–H groups in total. The van der Waals surface area contributed by atoms with Crippen molar-refractivity contribution in [2.45, 2.75) is 12.8 Å². The number of ether oxygens (including phenoxy) is 1. The third kappa shape index (κ3) is 1.88. The Morgan fingerprint density at radius 2 is 2.38 bits per heavy atom. The summed E-state index contributed by atoms with van der Waals surface area (Å²) in [4.78, 5) is 27.5. The van der Waals surface area contributed by atoms with Crippen LogP contribution in [-0.4, -0.2) is 30.5 Å². The van der Waals surface area contributed by atoms with Gasteiger partial charge in [-0.05, 0) is 11.6 Å². The summed E-state index contributed by atoms with van der Waals surface area (Å²) in [6.45, 7) is 2.72. The summed E-state index contributed by atoms with van der Waals surface area (Å²) in [6.07, 6.45) is 2.10. The molecule has 0 saturated carbocycles. The normalized spacial score (nSPS) is 17.1. The molecule has 1 atom stereocenters. The monoisotopic (exact) mass is 220 g/mol. The van der Waals surface area contributed by atoms with Crippen LogP contribution in [0.2, 0.25) is 0 Å². The van der Waals surface area contributed by atoms with E-state index in [-0.39, 0.29) is 12.0 Å². The number of hydrogen-bond acceptors (Lipinski definition) is 4. The highest BCUT2D eigenvalue weighted by Crippen LogP contribution is 2.18. The topological polar surface area (TPSA) is 59.5 Å². The zero-order valence-corrected chi connectivity index (χ0v) is 8.92. The lowest BCUT2D eigenvalue weighted by molar-refractivity contribution is -0.108. The lowest BCUT2D eigenvalue weighted by Crippen LogP contribution is -2.24. The fourth-order valence-electron chi connectivity index (χ4n) is 1.51. The molecule has 0 spiro atoms. The van der Waals surface area contributed by atoms with E-state index in [0.29, 0.717) is 19.0 Å². The molecule has 84 valence electrons. The van der Waals surface area contributed by atoms with E-state index < -0.39 is 0 Å². The third-order valence-corrected chi connectivity index (χ3v) is 2.54. The van der Waals surface area contributed by atoms with E-state index in [1.807, 2.05) is 0 Å². The molecule has 5 heteroatoms. The van der Waals surface area contributed by atoms with E-state index in [1.165, 1.54) is 4.90 Å². The van der Waals surface area contributed by atoms with Crippen LogP contribution < -0.4 is 4.90 Å². The molecule has 16 heavy (non-hydrogen) atoms. The van der Waals surface area contributed by atoms with Gasteiger partial charge in [-0.1, -0.05) is 13.0 Å². The fourth-order valence-corrected chi connectivity index (χ4v) is 1.51. The van der Waals surface area contributed by atoms with Gasteiger partial charge in [0.15, 0.2) is 0 Å². The van der Waals surface area contributed by atoms with E-state index in [2.05, 4.69) is 4.98 Å². The van der Waals surface area contributed by atoms with Crippen LogP contribution in [0.3, 0.4) is 0 Å². The van der Waals surface area contributed by atoms with Gasteiger partial charge in [-0.3, -0.25) is 4.90 Å². The third-order valence-electron chi connectivity index (χ3n) is 2.54. The van der Waals surface area contributed by atoms with Crippen LogP contribution >= 0.6 is 0 Å². The van der Waals surface area contributed by atoms with Gasteiger partial charge in [0, 0.05) is 12.1 Å². The maximum atomic E-state index is 11.3. The highest BCUT2D eigenvalue weighted by Gasteiger charge is 2.24. The Balaban J connectivity index is 2.18. The molecule has 1 fully saturated rings. The van der Waals surface area contributed by atoms with Gasteiger partial charge >= 0.3 is 6.09 Å². The predicted molar refractivity (Wildman–Crippen MR) is 57.4 cm³/mol. The Morgan fingerprint density at radius 3 is 2.88 bits per heavy atom.